The minimum absolute atomic E-state index is 0.218. The van der Waals surface area contributed by atoms with Crippen LogP contribution in [0.4, 0.5) is 0 Å². The van der Waals surface area contributed by atoms with E-state index in [1.807, 2.05) is 29.1 Å². The minimum Gasteiger partial charge on any atom is -0.272 e. The molecule has 2 aromatic carbocycles. The van der Waals surface area contributed by atoms with Crippen LogP contribution in [0.25, 0.3) is 0 Å². The molecule has 0 aliphatic heterocycles. The van der Waals surface area contributed by atoms with Crippen molar-refractivity contribution in [1.82, 2.24) is 14.5 Å². The Hall–Kier alpha value is -2.15. The maximum Gasteiger partial charge on any atom is 0.240 e. The zero-order chi connectivity index (χ0) is 18.4. The average Bonchev–Trinajstić information content (AvgIpc) is 3.15. The first kappa shape index (κ1) is 18.6. The van der Waals surface area contributed by atoms with Crippen molar-refractivity contribution in [3.8, 4) is 0 Å². The second-order valence-corrected chi connectivity index (χ2v) is 8.14. The molecule has 136 valence electrons. The monoisotopic (exact) mass is 389 g/mol. The number of sulfonamides is 1. The van der Waals surface area contributed by atoms with Crippen molar-refractivity contribution in [3.63, 3.8) is 0 Å². The van der Waals surface area contributed by atoms with Crippen molar-refractivity contribution >= 4 is 21.6 Å². The van der Waals surface area contributed by atoms with Crippen LogP contribution in [-0.2, 0) is 29.4 Å². The van der Waals surface area contributed by atoms with Crippen LogP contribution in [-0.4, -0.2) is 24.7 Å². The smallest absolute Gasteiger partial charge is 0.240 e. The zero-order valence-electron chi connectivity index (χ0n) is 14.2. The van der Waals surface area contributed by atoms with E-state index < -0.39 is 10.0 Å². The van der Waals surface area contributed by atoms with Crippen molar-refractivity contribution in [2.75, 3.05) is 6.54 Å². The summed E-state index contributed by atoms with van der Waals surface area (Å²) in [5.74, 6) is 0. The summed E-state index contributed by atoms with van der Waals surface area (Å²) in [6.45, 7) is 1.19. The number of halogens is 1. The highest BCUT2D eigenvalue weighted by atomic mass is 35.5. The molecule has 7 heteroatoms. The second kappa shape index (κ2) is 8.49. The van der Waals surface area contributed by atoms with Crippen LogP contribution in [0.3, 0.4) is 0 Å². The summed E-state index contributed by atoms with van der Waals surface area (Å²) in [6.07, 6.45) is 5.26. The van der Waals surface area contributed by atoms with Crippen molar-refractivity contribution in [3.05, 3.63) is 83.1 Å². The number of aromatic nitrogens is 2. The molecule has 1 heterocycles. The fraction of sp³-hybridized carbons (Fsp3) is 0.211. The van der Waals surface area contributed by atoms with Gasteiger partial charge < -0.3 is 0 Å². The Morgan fingerprint density at radius 1 is 0.962 bits per heavy atom. The molecule has 0 aliphatic carbocycles. The predicted molar refractivity (Wildman–Crippen MR) is 103 cm³/mol. The lowest BCUT2D eigenvalue weighted by molar-refractivity contribution is 0.581. The van der Waals surface area contributed by atoms with Crippen LogP contribution in [0.15, 0.2) is 71.9 Å². The van der Waals surface area contributed by atoms with Crippen LogP contribution in [0.5, 0.6) is 0 Å². The predicted octanol–water partition coefficient (Wildman–Crippen LogP) is 3.30. The molecule has 0 saturated carbocycles. The van der Waals surface area contributed by atoms with E-state index in [1.165, 1.54) is 17.7 Å². The molecular formula is C19H20ClN3O2S. The van der Waals surface area contributed by atoms with Crippen molar-refractivity contribution in [1.29, 1.82) is 0 Å². The molecule has 0 fully saturated rings. The first-order valence-corrected chi connectivity index (χ1v) is 10.2. The Morgan fingerprint density at radius 3 is 2.23 bits per heavy atom. The summed E-state index contributed by atoms with van der Waals surface area (Å²) in [4.78, 5) is 0.218. The summed E-state index contributed by atoms with van der Waals surface area (Å²) in [5.41, 5.74) is 2.32. The number of nitrogens with zero attached hydrogens (tertiary/aromatic N) is 2. The molecule has 5 nitrogen and oxygen atoms in total. The highest BCUT2D eigenvalue weighted by molar-refractivity contribution is 7.89. The number of aryl methyl sites for hydroxylation is 2. The molecule has 0 amide bonds. The van der Waals surface area contributed by atoms with E-state index in [2.05, 4.69) is 22.0 Å². The molecule has 0 saturated heterocycles. The summed E-state index contributed by atoms with van der Waals surface area (Å²) in [7, 11) is -3.51. The van der Waals surface area contributed by atoms with E-state index in [1.54, 1.807) is 18.3 Å². The summed E-state index contributed by atoms with van der Waals surface area (Å²) < 4.78 is 29.0. The molecular weight excluding hydrogens is 370 g/mol. The normalized spacial score (nSPS) is 11.6. The topological polar surface area (TPSA) is 64.0 Å². The van der Waals surface area contributed by atoms with Crippen LogP contribution in [0.2, 0.25) is 5.02 Å². The molecule has 0 bridgehead atoms. The summed E-state index contributed by atoms with van der Waals surface area (Å²) >= 11 is 5.79. The lowest BCUT2D eigenvalue weighted by Gasteiger charge is -2.08. The lowest BCUT2D eigenvalue weighted by Crippen LogP contribution is -2.25. The van der Waals surface area contributed by atoms with E-state index in [0.717, 1.165) is 18.5 Å². The first-order valence-electron chi connectivity index (χ1n) is 8.33. The molecule has 0 aliphatic rings. The Kier molecular flexibility index (Phi) is 6.08. The van der Waals surface area contributed by atoms with Gasteiger partial charge in [-0.15, -0.1) is 0 Å². The molecule has 3 aromatic rings. The standard InChI is InChI=1S/C19H20ClN3O2S/c20-18-6-8-19(9-7-18)26(24,25)22-13-10-16-2-4-17(5-3-16)11-15-23-14-1-12-21-23/h1-9,12,14,22H,10-11,13,15H2. The quantitative estimate of drug-likeness (QED) is 0.642. The van der Waals surface area contributed by atoms with E-state index in [0.29, 0.717) is 18.0 Å². The van der Waals surface area contributed by atoms with Gasteiger partial charge in [-0.05, 0) is 54.3 Å². The fourth-order valence-electron chi connectivity index (χ4n) is 2.58. The average molecular weight is 390 g/mol. The minimum atomic E-state index is -3.51. The number of benzene rings is 2. The SMILES string of the molecule is O=S(=O)(NCCc1ccc(CCn2cccn2)cc1)c1ccc(Cl)cc1. The van der Waals surface area contributed by atoms with Gasteiger partial charge in [-0.1, -0.05) is 35.9 Å². The van der Waals surface area contributed by atoms with E-state index in [-0.39, 0.29) is 4.90 Å². The van der Waals surface area contributed by atoms with E-state index in [4.69, 9.17) is 11.6 Å². The summed E-state index contributed by atoms with van der Waals surface area (Å²) in [5, 5.41) is 4.70. The number of nitrogens with one attached hydrogen (secondary N) is 1. The van der Waals surface area contributed by atoms with Gasteiger partial charge in [0, 0.05) is 30.5 Å². The van der Waals surface area contributed by atoms with Crippen molar-refractivity contribution < 1.29 is 8.42 Å². The second-order valence-electron chi connectivity index (χ2n) is 5.94. The third-order valence-electron chi connectivity index (χ3n) is 4.04. The van der Waals surface area contributed by atoms with Crippen molar-refractivity contribution in [2.45, 2.75) is 24.3 Å². The fourth-order valence-corrected chi connectivity index (χ4v) is 3.73. The van der Waals surface area contributed by atoms with Gasteiger partial charge >= 0.3 is 0 Å². The van der Waals surface area contributed by atoms with Crippen LogP contribution in [0, 0.1) is 0 Å². The van der Waals surface area contributed by atoms with Crippen molar-refractivity contribution in [2.24, 2.45) is 0 Å². The number of hydrogen-bond donors (Lipinski definition) is 1. The molecule has 0 unspecified atom stereocenters. The number of rotatable bonds is 8. The third kappa shape index (κ3) is 5.17. The van der Waals surface area contributed by atoms with Gasteiger partial charge in [0.05, 0.1) is 4.90 Å². The van der Waals surface area contributed by atoms with Gasteiger partial charge in [0.15, 0.2) is 0 Å². The molecule has 0 atom stereocenters. The molecule has 0 radical (unpaired) electrons. The Bertz CT molecular complexity index is 922. The van der Waals surface area contributed by atoms with Crippen LogP contribution in [0.1, 0.15) is 11.1 Å². The maximum atomic E-state index is 12.2. The van der Waals surface area contributed by atoms with Gasteiger partial charge in [-0.25, -0.2) is 13.1 Å². The van der Waals surface area contributed by atoms with E-state index in [9.17, 15) is 8.42 Å². The highest BCUT2D eigenvalue weighted by Crippen LogP contribution is 2.14. The van der Waals surface area contributed by atoms with Crippen LogP contribution >= 0.6 is 11.6 Å². The van der Waals surface area contributed by atoms with Crippen LogP contribution < -0.4 is 4.72 Å². The molecule has 0 spiro atoms. The van der Waals surface area contributed by atoms with Gasteiger partial charge in [-0.3, -0.25) is 4.68 Å². The Balaban J connectivity index is 1.49. The molecule has 3 rings (SSSR count). The Labute approximate surface area is 158 Å². The summed E-state index contributed by atoms with van der Waals surface area (Å²) in [6, 6.07) is 16.3. The molecule has 1 N–H and O–H groups in total. The number of hydrogen-bond acceptors (Lipinski definition) is 3. The van der Waals surface area contributed by atoms with Gasteiger partial charge in [0.1, 0.15) is 0 Å². The Morgan fingerprint density at radius 2 is 1.62 bits per heavy atom. The molecule has 26 heavy (non-hydrogen) atoms. The zero-order valence-corrected chi connectivity index (χ0v) is 15.7. The van der Waals surface area contributed by atoms with Gasteiger partial charge in [-0.2, -0.15) is 5.10 Å². The third-order valence-corrected chi connectivity index (χ3v) is 5.77. The largest absolute Gasteiger partial charge is 0.272 e. The molecule has 1 aromatic heterocycles. The maximum absolute atomic E-state index is 12.2. The van der Waals surface area contributed by atoms with Gasteiger partial charge in [0.25, 0.3) is 0 Å². The van der Waals surface area contributed by atoms with E-state index >= 15 is 0 Å². The highest BCUT2D eigenvalue weighted by Gasteiger charge is 2.12. The lowest BCUT2D eigenvalue weighted by atomic mass is 10.1. The van der Waals surface area contributed by atoms with Gasteiger partial charge in [0.2, 0.25) is 10.0 Å². The first-order chi connectivity index (χ1) is 12.5.